The molecule has 0 aromatic heterocycles. The average Bonchev–Trinajstić information content (AvgIpc) is 3.22. The van der Waals surface area contributed by atoms with Crippen LogP contribution in [0.3, 0.4) is 0 Å². The van der Waals surface area contributed by atoms with E-state index in [0.29, 0.717) is 11.3 Å². The molecule has 2 fully saturated rings. The number of carbonyl (C=O) groups is 1. The number of aliphatic hydroxyl groups excluding tert-OH is 1. The summed E-state index contributed by atoms with van der Waals surface area (Å²) in [5, 5.41) is 13.8. The van der Waals surface area contributed by atoms with Crippen molar-refractivity contribution < 1.29 is 40.8 Å². The van der Waals surface area contributed by atoms with E-state index in [1.54, 1.807) is 44.2 Å². The van der Waals surface area contributed by atoms with Crippen LogP contribution in [0.5, 0.6) is 0 Å². The molecular formula is C27H37N3O7S. The van der Waals surface area contributed by atoms with Gasteiger partial charge in [-0.25, -0.2) is 13.2 Å². The molecule has 208 valence electrons. The van der Waals surface area contributed by atoms with Crippen molar-refractivity contribution in [1.82, 2.24) is 9.62 Å². The van der Waals surface area contributed by atoms with E-state index in [1.165, 1.54) is 24.3 Å². The Morgan fingerprint density at radius 1 is 1.21 bits per heavy atom. The van der Waals surface area contributed by atoms with Gasteiger partial charge in [0.1, 0.15) is 6.08 Å². The SMILES string of the molecule is [2H]C1([2H])C[C@]2([2H])[C@H](O1)OC([2H])([2H])[C@]2([2H])OC(=O)N[C@@H](Cc1ccccc1)[C@H](O)CN(CC(C)C)S(=O)(=O)c1ccc(N)cc1. The van der Waals surface area contributed by atoms with Crippen LogP contribution in [-0.4, -0.2) is 74.6 Å². The van der Waals surface area contributed by atoms with Crippen LogP contribution >= 0.6 is 0 Å². The van der Waals surface area contributed by atoms with Crippen molar-refractivity contribution in [2.24, 2.45) is 11.8 Å². The zero-order valence-corrected chi connectivity index (χ0v) is 22.0. The smallest absolute Gasteiger partial charge is 0.407 e. The Morgan fingerprint density at radius 3 is 2.61 bits per heavy atom. The third-order valence-electron chi connectivity index (χ3n) is 6.03. The van der Waals surface area contributed by atoms with Gasteiger partial charge in [-0.2, -0.15) is 4.31 Å². The van der Waals surface area contributed by atoms with E-state index >= 15 is 0 Å². The Labute approximate surface area is 232 Å². The number of rotatable bonds is 11. The minimum absolute atomic E-state index is 0.0107. The van der Waals surface area contributed by atoms with Gasteiger partial charge in [-0.05, 0) is 48.6 Å². The van der Waals surface area contributed by atoms with E-state index in [0.717, 1.165) is 4.31 Å². The molecular weight excluding hydrogens is 510 g/mol. The second-order valence-corrected chi connectivity index (χ2v) is 11.5. The molecule has 0 spiro atoms. The number of ether oxygens (including phenoxy) is 3. The number of aliphatic hydroxyl groups is 1. The number of amides is 1. The first-order valence-electron chi connectivity index (χ1n) is 15.2. The highest BCUT2D eigenvalue weighted by molar-refractivity contribution is 7.89. The Morgan fingerprint density at radius 2 is 1.92 bits per heavy atom. The number of carbonyl (C=O) groups excluding carboxylic acids is 1. The maximum Gasteiger partial charge on any atom is 0.407 e. The van der Waals surface area contributed by atoms with Crippen LogP contribution in [0, 0.1) is 11.8 Å². The van der Waals surface area contributed by atoms with E-state index < -0.39 is 72.6 Å². The first-order valence-corrected chi connectivity index (χ1v) is 13.7. The summed E-state index contributed by atoms with van der Waals surface area (Å²) in [5.41, 5.74) is 6.75. The quantitative estimate of drug-likeness (QED) is 0.360. The topological polar surface area (TPSA) is 140 Å². The van der Waals surface area contributed by atoms with Crippen molar-refractivity contribution in [3.8, 4) is 0 Å². The van der Waals surface area contributed by atoms with Crippen LogP contribution < -0.4 is 11.1 Å². The molecule has 0 radical (unpaired) electrons. The van der Waals surface area contributed by atoms with Crippen molar-refractivity contribution in [3.63, 3.8) is 0 Å². The summed E-state index contributed by atoms with van der Waals surface area (Å²) in [6, 6.07) is 13.1. The van der Waals surface area contributed by atoms with Gasteiger partial charge in [0.05, 0.1) is 42.9 Å². The van der Waals surface area contributed by atoms with Crippen molar-refractivity contribution in [2.45, 2.75) is 56.1 Å². The van der Waals surface area contributed by atoms with Crippen LogP contribution in [0.1, 0.15) is 34.1 Å². The van der Waals surface area contributed by atoms with Gasteiger partial charge in [0.25, 0.3) is 0 Å². The number of hydrogen-bond acceptors (Lipinski definition) is 8. The molecule has 11 heteroatoms. The van der Waals surface area contributed by atoms with Gasteiger partial charge in [-0.1, -0.05) is 44.2 Å². The zero-order chi connectivity index (χ0) is 32.7. The molecule has 2 aromatic carbocycles. The van der Waals surface area contributed by atoms with Crippen LogP contribution in [0.25, 0.3) is 0 Å². The number of nitrogens with zero attached hydrogens (tertiary/aromatic N) is 1. The Kier molecular flexibility index (Phi) is 6.93. The van der Waals surface area contributed by atoms with Crippen molar-refractivity contribution in [1.29, 1.82) is 0 Å². The summed E-state index contributed by atoms with van der Waals surface area (Å²) in [6.07, 6.45) is -8.64. The second-order valence-electron chi connectivity index (χ2n) is 9.53. The standard InChI is InChI=1S/C27H37N3O7S/c1-18(2)15-30(38(33,34)21-10-8-20(28)9-11-21)16-24(31)23(14-19-6-4-3-5-7-19)29-27(32)37-25-17-36-26-22(25)12-13-35-26/h3-11,18,22-26,31H,12-17,28H2,1-2H3,(H,29,32)/t22-,23-,24+,25-,26+/m0/s1/i13D2,17D2,22D,25D. The molecule has 2 aliphatic rings. The molecule has 2 aromatic rings. The van der Waals surface area contributed by atoms with Gasteiger partial charge in [-0.15, -0.1) is 0 Å². The molecule has 2 aliphatic heterocycles. The van der Waals surface area contributed by atoms with Crippen molar-refractivity contribution in [2.75, 3.05) is 31.9 Å². The third kappa shape index (κ3) is 7.03. The lowest BCUT2D eigenvalue weighted by molar-refractivity contribution is -0.0907. The summed E-state index contributed by atoms with van der Waals surface area (Å²) in [5.74, 6) is -2.61. The minimum Gasteiger partial charge on any atom is -0.443 e. The number of benzene rings is 2. The highest BCUT2D eigenvalue weighted by Crippen LogP contribution is 2.33. The third-order valence-corrected chi connectivity index (χ3v) is 7.87. The van der Waals surface area contributed by atoms with Gasteiger partial charge < -0.3 is 30.4 Å². The van der Waals surface area contributed by atoms with Crippen molar-refractivity contribution >= 4 is 21.8 Å². The molecule has 0 aliphatic carbocycles. The van der Waals surface area contributed by atoms with Crippen LogP contribution in [0.15, 0.2) is 59.5 Å². The maximum atomic E-state index is 13.6. The van der Waals surface area contributed by atoms with E-state index in [1.807, 2.05) is 0 Å². The summed E-state index contributed by atoms with van der Waals surface area (Å²) < 4.78 is 92.7. The molecule has 38 heavy (non-hydrogen) atoms. The number of nitrogen functional groups attached to an aromatic ring is 1. The van der Waals surface area contributed by atoms with Gasteiger partial charge in [0, 0.05) is 20.1 Å². The van der Waals surface area contributed by atoms with Gasteiger partial charge in [0.15, 0.2) is 6.29 Å². The normalized spacial score (nSPS) is 31.7. The predicted molar refractivity (Wildman–Crippen MR) is 142 cm³/mol. The molecule has 0 bridgehead atoms. The number of anilines is 1. The van der Waals surface area contributed by atoms with E-state index in [4.69, 9.17) is 28.2 Å². The van der Waals surface area contributed by atoms with Gasteiger partial charge in [0.2, 0.25) is 10.0 Å². The van der Waals surface area contributed by atoms with Gasteiger partial charge in [-0.3, -0.25) is 0 Å². The lowest BCUT2D eigenvalue weighted by Crippen LogP contribution is -2.51. The maximum absolute atomic E-state index is 13.6. The fraction of sp³-hybridized carbons (Fsp3) is 0.519. The Hall–Kier alpha value is -2.70. The predicted octanol–water partition coefficient (Wildman–Crippen LogP) is 2.38. The number of fused-ring (bicyclic) bond motifs is 1. The summed E-state index contributed by atoms with van der Waals surface area (Å²) in [4.78, 5) is 13.2. The molecule has 5 atom stereocenters. The number of hydrogen-bond donors (Lipinski definition) is 3. The molecule has 4 rings (SSSR count). The summed E-state index contributed by atoms with van der Waals surface area (Å²) in [7, 11) is -4.11. The zero-order valence-electron chi connectivity index (χ0n) is 27.2. The largest absolute Gasteiger partial charge is 0.443 e. The lowest BCUT2D eigenvalue weighted by Gasteiger charge is -2.31. The Bertz CT molecular complexity index is 1440. The van der Waals surface area contributed by atoms with Crippen LogP contribution in [0.2, 0.25) is 0 Å². The van der Waals surface area contributed by atoms with Crippen LogP contribution in [0.4, 0.5) is 10.5 Å². The average molecular weight is 554 g/mol. The summed E-state index contributed by atoms with van der Waals surface area (Å²) >= 11 is 0. The van der Waals surface area contributed by atoms with Gasteiger partial charge >= 0.3 is 6.09 Å². The first-order chi connectivity index (χ1) is 20.3. The monoisotopic (exact) mass is 553 g/mol. The molecule has 0 saturated carbocycles. The van der Waals surface area contributed by atoms with E-state index in [2.05, 4.69) is 5.32 Å². The number of sulfonamides is 1. The van der Waals surface area contributed by atoms with Crippen molar-refractivity contribution in [3.05, 3.63) is 60.2 Å². The van der Waals surface area contributed by atoms with E-state index in [-0.39, 0.29) is 23.8 Å². The number of nitrogens with one attached hydrogen (secondary N) is 1. The molecule has 2 heterocycles. The fourth-order valence-electron chi connectivity index (χ4n) is 4.12. The molecule has 10 nitrogen and oxygen atoms in total. The Balaban J connectivity index is 1.60. The minimum atomic E-state index is -4.11. The highest BCUT2D eigenvalue weighted by atomic mass is 32.2. The number of nitrogens with two attached hydrogens (primary N) is 1. The summed E-state index contributed by atoms with van der Waals surface area (Å²) in [6.45, 7) is -2.29. The molecule has 0 unspecified atom stereocenters. The van der Waals surface area contributed by atoms with E-state index in [9.17, 15) is 18.3 Å². The first kappa shape index (κ1) is 21.2. The molecule has 4 N–H and O–H groups in total. The lowest BCUT2D eigenvalue weighted by atomic mass is 10.0. The highest BCUT2D eigenvalue weighted by Gasteiger charge is 2.44. The fourth-order valence-corrected chi connectivity index (χ4v) is 5.74. The van der Waals surface area contributed by atoms with Crippen LogP contribution in [-0.2, 0) is 30.7 Å². The molecule has 1 amide bonds. The second kappa shape index (κ2) is 12.4. The molecule has 2 saturated heterocycles. The number of alkyl carbamates (subject to hydrolysis) is 1.